The van der Waals surface area contributed by atoms with Crippen LogP contribution in [0.25, 0.3) is 10.9 Å². The van der Waals surface area contributed by atoms with Gasteiger partial charge < -0.3 is 14.2 Å². The number of rotatable bonds is 3. The van der Waals surface area contributed by atoms with Gasteiger partial charge in [0.1, 0.15) is 5.75 Å². The predicted molar refractivity (Wildman–Crippen MR) is 85.6 cm³/mol. The molecule has 0 N–H and O–H groups in total. The molecule has 3 heteroatoms. The molecule has 1 fully saturated rings. The Bertz CT molecular complexity index is 553. The number of methoxy groups -OCH3 is 1. The van der Waals surface area contributed by atoms with Gasteiger partial charge in [0.25, 0.3) is 0 Å². The van der Waals surface area contributed by atoms with Gasteiger partial charge in [-0.25, -0.2) is 0 Å². The lowest BCUT2D eigenvalue weighted by molar-refractivity contribution is 0.131. The van der Waals surface area contributed by atoms with E-state index < -0.39 is 0 Å². The third-order valence-corrected chi connectivity index (χ3v) is 4.14. The molecule has 1 aromatic carbocycles. The van der Waals surface area contributed by atoms with Crippen LogP contribution >= 0.6 is 0 Å². The van der Waals surface area contributed by atoms with E-state index in [0.29, 0.717) is 6.04 Å². The molecule has 0 unspecified atom stereocenters. The first kappa shape index (κ1) is 14.9. The van der Waals surface area contributed by atoms with E-state index in [0.717, 1.165) is 11.8 Å². The highest BCUT2D eigenvalue weighted by Crippen LogP contribution is 2.39. The summed E-state index contributed by atoms with van der Waals surface area (Å²) in [6.45, 7) is 4.00. The summed E-state index contributed by atoms with van der Waals surface area (Å²) in [5.41, 5.74) is 1.24. The molecule has 0 aliphatic heterocycles. The van der Waals surface area contributed by atoms with Crippen LogP contribution in [0.4, 0.5) is 0 Å². The lowest BCUT2D eigenvalue weighted by Gasteiger charge is -2.40. The first-order valence-corrected chi connectivity index (χ1v) is 7.50. The Morgan fingerprint density at radius 3 is 2.45 bits per heavy atom. The van der Waals surface area contributed by atoms with Gasteiger partial charge in [0.2, 0.25) is 0 Å². The van der Waals surface area contributed by atoms with Gasteiger partial charge in [0.05, 0.1) is 12.6 Å². The molecule has 1 aliphatic rings. The van der Waals surface area contributed by atoms with Crippen molar-refractivity contribution in [2.24, 2.45) is 0 Å². The fraction of sp³-hybridized carbons (Fsp3) is 0.529. The zero-order valence-electron chi connectivity index (χ0n) is 13.3. The van der Waals surface area contributed by atoms with Crippen molar-refractivity contribution >= 4 is 10.9 Å². The highest BCUT2D eigenvalue weighted by atomic mass is 16.5. The molecule has 20 heavy (non-hydrogen) atoms. The Morgan fingerprint density at radius 1 is 1.15 bits per heavy atom. The maximum Gasteiger partial charge on any atom is 0.143 e. The predicted octanol–water partition coefficient (Wildman–Crippen LogP) is 3.94. The molecule has 110 valence electrons. The van der Waals surface area contributed by atoms with Crippen molar-refractivity contribution in [2.75, 3.05) is 21.2 Å². The molecular weight excluding hydrogens is 248 g/mol. The number of nitrogens with zero attached hydrogens (tertiary/aromatic N) is 2. The minimum Gasteiger partial charge on any atom is -0.495 e. The first-order chi connectivity index (χ1) is 9.70. The van der Waals surface area contributed by atoms with Crippen LogP contribution < -0.4 is 4.74 Å². The zero-order valence-corrected chi connectivity index (χ0v) is 13.3. The minimum atomic E-state index is 0.617. The Balaban J connectivity index is 0.000000704. The van der Waals surface area contributed by atoms with E-state index in [9.17, 15) is 0 Å². The van der Waals surface area contributed by atoms with E-state index in [2.05, 4.69) is 48.0 Å². The normalized spacial score (nSPS) is 21.3. The monoisotopic (exact) mass is 274 g/mol. The van der Waals surface area contributed by atoms with Crippen LogP contribution in [0.3, 0.4) is 0 Å². The van der Waals surface area contributed by atoms with E-state index in [1.165, 1.54) is 23.7 Å². The lowest BCUT2D eigenvalue weighted by Crippen LogP contribution is -2.41. The van der Waals surface area contributed by atoms with Crippen LogP contribution in [0.5, 0.6) is 5.75 Å². The SMILES string of the molecule is CC.COc1cccc2ccn(C3CC(N(C)C)C3)c12. The van der Waals surface area contributed by atoms with Crippen LogP contribution in [-0.2, 0) is 0 Å². The average molecular weight is 274 g/mol. The van der Waals surface area contributed by atoms with Gasteiger partial charge in [-0.1, -0.05) is 26.0 Å². The first-order valence-electron chi connectivity index (χ1n) is 7.50. The molecule has 0 spiro atoms. The molecule has 0 atom stereocenters. The molecule has 0 radical (unpaired) electrons. The summed E-state index contributed by atoms with van der Waals surface area (Å²) in [7, 11) is 6.07. The molecule has 0 saturated heterocycles. The summed E-state index contributed by atoms with van der Waals surface area (Å²) in [5.74, 6) is 0.978. The standard InChI is InChI=1S/C15H20N2O.C2H6/c1-16(2)12-9-13(10-12)17-8-7-11-5-4-6-14(18-3)15(11)17;1-2/h4-8,12-13H,9-10H2,1-3H3;1-2H3. The van der Waals surface area contributed by atoms with Gasteiger partial charge in [-0.3, -0.25) is 0 Å². The van der Waals surface area contributed by atoms with Gasteiger partial charge in [0.15, 0.2) is 0 Å². The van der Waals surface area contributed by atoms with Crippen molar-refractivity contribution in [3.8, 4) is 5.75 Å². The molecule has 1 saturated carbocycles. The number of hydrogen-bond acceptors (Lipinski definition) is 2. The maximum absolute atomic E-state index is 5.49. The second-order valence-electron chi connectivity index (χ2n) is 5.36. The van der Waals surface area contributed by atoms with Crippen LogP contribution in [0, 0.1) is 0 Å². The molecule has 1 aromatic heterocycles. The summed E-state index contributed by atoms with van der Waals surface area (Å²) >= 11 is 0. The summed E-state index contributed by atoms with van der Waals surface area (Å²) < 4.78 is 7.87. The van der Waals surface area contributed by atoms with E-state index in [1.807, 2.05) is 19.9 Å². The second-order valence-corrected chi connectivity index (χ2v) is 5.36. The third-order valence-electron chi connectivity index (χ3n) is 4.14. The van der Waals surface area contributed by atoms with Crippen molar-refractivity contribution < 1.29 is 4.74 Å². The topological polar surface area (TPSA) is 17.4 Å². The molecule has 3 nitrogen and oxygen atoms in total. The fourth-order valence-electron chi connectivity index (χ4n) is 2.86. The number of para-hydroxylation sites is 1. The minimum absolute atomic E-state index is 0.617. The van der Waals surface area contributed by atoms with Gasteiger partial charge in [-0.05, 0) is 39.1 Å². The number of fused-ring (bicyclic) bond motifs is 1. The third kappa shape index (κ3) is 2.55. The maximum atomic E-state index is 5.49. The molecule has 0 bridgehead atoms. The van der Waals surface area contributed by atoms with Crippen molar-refractivity contribution in [1.82, 2.24) is 9.47 Å². The largest absolute Gasteiger partial charge is 0.495 e. The quantitative estimate of drug-likeness (QED) is 0.843. The molecule has 1 aliphatic carbocycles. The van der Waals surface area contributed by atoms with Crippen molar-refractivity contribution in [3.63, 3.8) is 0 Å². The van der Waals surface area contributed by atoms with Crippen LogP contribution in [-0.4, -0.2) is 36.7 Å². The Hall–Kier alpha value is -1.48. The molecule has 1 heterocycles. The molecule has 0 amide bonds. The van der Waals surface area contributed by atoms with Gasteiger partial charge in [0, 0.05) is 23.7 Å². The van der Waals surface area contributed by atoms with E-state index in [-0.39, 0.29) is 0 Å². The van der Waals surface area contributed by atoms with E-state index in [1.54, 1.807) is 7.11 Å². The summed E-state index contributed by atoms with van der Waals surface area (Å²) in [5, 5.41) is 1.27. The smallest absolute Gasteiger partial charge is 0.143 e. The summed E-state index contributed by atoms with van der Waals surface area (Å²) in [6, 6.07) is 9.76. The molecule has 2 aromatic rings. The number of benzene rings is 1. The van der Waals surface area contributed by atoms with Gasteiger partial charge >= 0.3 is 0 Å². The van der Waals surface area contributed by atoms with Crippen molar-refractivity contribution in [3.05, 3.63) is 30.5 Å². The number of hydrogen-bond donors (Lipinski definition) is 0. The second kappa shape index (κ2) is 6.31. The fourth-order valence-corrected chi connectivity index (χ4v) is 2.86. The summed E-state index contributed by atoms with van der Waals surface area (Å²) in [6.07, 6.45) is 4.66. The van der Waals surface area contributed by atoms with Crippen LogP contribution in [0.15, 0.2) is 30.5 Å². The number of aromatic nitrogens is 1. The lowest BCUT2D eigenvalue weighted by atomic mass is 9.85. The van der Waals surface area contributed by atoms with Crippen LogP contribution in [0.2, 0.25) is 0 Å². The number of ether oxygens (including phenoxy) is 1. The Kier molecular flexibility index (Phi) is 4.71. The average Bonchev–Trinajstić information content (AvgIpc) is 2.83. The van der Waals surface area contributed by atoms with E-state index in [4.69, 9.17) is 4.74 Å². The van der Waals surface area contributed by atoms with Gasteiger partial charge in [-0.2, -0.15) is 0 Å². The molecular formula is C17H26N2O. The highest BCUT2D eigenvalue weighted by molar-refractivity contribution is 5.86. The Morgan fingerprint density at radius 2 is 1.85 bits per heavy atom. The van der Waals surface area contributed by atoms with Crippen molar-refractivity contribution in [2.45, 2.75) is 38.8 Å². The zero-order chi connectivity index (χ0) is 14.7. The van der Waals surface area contributed by atoms with Crippen LogP contribution in [0.1, 0.15) is 32.7 Å². The van der Waals surface area contributed by atoms with E-state index >= 15 is 0 Å². The van der Waals surface area contributed by atoms with Gasteiger partial charge in [-0.15, -0.1) is 0 Å². The molecule has 3 rings (SSSR count). The Labute approximate surface area is 122 Å². The highest BCUT2D eigenvalue weighted by Gasteiger charge is 2.32. The summed E-state index contributed by atoms with van der Waals surface area (Å²) in [4.78, 5) is 2.32. The van der Waals surface area contributed by atoms with Crippen molar-refractivity contribution in [1.29, 1.82) is 0 Å².